The number of nitrogens with one attached hydrogen (secondary N) is 2. The molecule has 7 nitrogen and oxygen atoms in total. The second kappa shape index (κ2) is 9.36. The number of carboxylic acid groups (broad SMARTS) is 1. The van der Waals surface area contributed by atoms with Crippen LogP contribution in [0, 0.1) is 5.92 Å². The SMILES string of the molecule is O=C(CC1CC(NC(=O)OCC2c3ccccc3-c3ccccc32)C1)NC(C(=O)O)C(F)(F)F. The Morgan fingerprint density at radius 2 is 1.56 bits per heavy atom. The van der Waals surface area contributed by atoms with Crippen molar-refractivity contribution < 1.29 is 37.4 Å². The van der Waals surface area contributed by atoms with Gasteiger partial charge in [-0.15, -0.1) is 0 Å². The molecule has 0 heterocycles. The van der Waals surface area contributed by atoms with Crippen LogP contribution in [0.1, 0.15) is 36.3 Å². The van der Waals surface area contributed by atoms with Crippen LogP contribution in [0.25, 0.3) is 11.1 Å². The number of hydrogen-bond donors (Lipinski definition) is 3. The van der Waals surface area contributed by atoms with Gasteiger partial charge in [0.15, 0.2) is 0 Å². The molecule has 0 aromatic heterocycles. The van der Waals surface area contributed by atoms with Crippen molar-refractivity contribution in [2.75, 3.05) is 6.61 Å². The number of amides is 2. The van der Waals surface area contributed by atoms with Gasteiger partial charge < -0.3 is 20.5 Å². The Balaban J connectivity index is 1.23. The summed E-state index contributed by atoms with van der Waals surface area (Å²) < 4.78 is 43.4. The number of alkyl carbamates (subject to hydrolysis) is 1. The molecule has 0 radical (unpaired) electrons. The Kier molecular flexibility index (Phi) is 6.49. The fraction of sp³-hybridized carbons (Fsp3) is 0.375. The Bertz CT molecular complexity index is 1050. The summed E-state index contributed by atoms with van der Waals surface area (Å²) in [6, 6.07) is 12.7. The lowest BCUT2D eigenvalue weighted by Crippen LogP contribution is -2.52. The number of rotatable bonds is 7. The number of aliphatic carboxylic acids is 1. The van der Waals surface area contributed by atoms with E-state index in [4.69, 9.17) is 9.84 Å². The fourth-order valence-corrected chi connectivity index (χ4v) is 4.59. The lowest BCUT2D eigenvalue weighted by Gasteiger charge is -2.35. The third-order valence-corrected chi connectivity index (χ3v) is 6.26. The molecular formula is C24H23F3N2O5. The van der Waals surface area contributed by atoms with E-state index in [9.17, 15) is 27.6 Å². The van der Waals surface area contributed by atoms with Gasteiger partial charge in [-0.3, -0.25) is 4.79 Å². The van der Waals surface area contributed by atoms with Crippen LogP contribution in [0.3, 0.4) is 0 Å². The van der Waals surface area contributed by atoms with E-state index in [1.165, 1.54) is 5.32 Å². The number of benzene rings is 2. The highest BCUT2D eigenvalue weighted by atomic mass is 19.4. The minimum Gasteiger partial charge on any atom is -0.479 e. The Hall–Kier alpha value is -3.56. The second-order valence-corrected chi connectivity index (χ2v) is 8.59. The number of ether oxygens (including phenoxy) is 1. The molecule has 1 saturated carbocycles. The Morgan fingerprint density at radius 3 is 2.09 bits per heavy atom. The van der Waals surface area contributed by atoms with E-state index in [1.807, 2.05) is 48.5 Å². The Labute approximate surface area is 193 Å². The van der Waals surface area contributed by atoms with E-state index >= 15 is 0 Å². The zero-order valence-corrected chi connectivity index (χ0v) is 18.0. The molecule has 1 atom stereocenters. The van der Waals surface area contributed by atoms with Crippen LogP contribution in [-0.2, 0) is 14.3 Å². The lowest BCUT2D eigenvalue weighted by molar-refractivity contribution is -0.182. The van der Waals surface area contributed by atoms with Crippen LogP contribution in [0.2, 0.25) is 0 Å². The molecule has 180 valence electrons. The highest BCUT2D eigenvalue weighted by Gasteiger charge is 2.46. The van der Waals surface area contributed by atoms with Gasteiger partial charge in [-0.2, -0.15) is 13.2 Å². The van der Waals surface area contributed by atoms with E-state index in [-0.39, 0.29) is 30.9 Å². The maximum absolute atomic E-state index is 12.7. The third kappa shape index (κ3) is 5.00. The summed E-state index contributed by atoms with van der Waals surface area (Å²) in [5, 5.41) is 12.9. The lowest BCUT2D eigenvalue weighted by atomic mass is 9.78. The minimum atomic E-state index is -5.07. The smallest absolute Gasteiger partial charge is 0.419 e. The van der Waals surface area contributed by atoms with Crippen LogP contribution in [-0.4, -0.2) is 47.9 Å². The van der Waals surface area contributed by atoms with E-state index in [1.54, 1.807) is 0 Å². The topological polar surface area (TPSA) is 105 Å². The minimum absolute atomic E-state index is 0.0770. The summed E-state index contributed by atoms with van der Waals surface area (Å²) in [7, 11) is 0. The monoisotopic (exact) mass is 476 g/mol. The van der Waals surface area contributed by atoms with E-state index < -0.39 is 30.2 Å². The van der Waals surface area contributed by atoms with Crippen molar-refractivity contribution in [3.8, 4) is 11.1 Å². The predicted molar refractivity (Wildman–Crippen MR) is 115 cm³/mol. The molecule has 0 bridgehead atoms. The number of hydrogen-bond acceptors (Lipinski definition) is 4. The van der Waals surface area contributed by atoms with Gasteiger partial charge >= 0.3 is 18.2 Å². The van der Waals surface area contributed by atoms with Crippen molar-refractivity contribution in [3.63, 3.8) is 0 Å². The number of carboxylic acids is 1. The molecule has 1 fully saturated rings. The van der Waals surface area contributed by atoms with Gasteiger partial charge in [-0.1, -0.05) is 48.5 Å². The standard InChI is InChI=1S/C24H23F3N2O5/c25-24(26,27)21(22(31)32)29-20(30)11-13-9-14(10-13)28-23(33)34-12-19-17-7-3-1-5-15(17)16-6-2-4-8-18(16)19/h1-8,13-14,19,21H,9-12H2,(H,28,33)(H,29,30)(H,31,32). The van der Waals surface area contributed by atoms with Gasteiger partial charge in [0.05, 0.1) is 0 Å². The van der Waals surface area contributed by atoms with Crippen LogP contribution in [0.15, 0.2) is 48.5 Å². The van der Waals surface area contributed by atoms with Crippen molar-refractivity contribution in [1.82, 2.24) is 10.6 Å². The highest BCUT2D eigenvalue weighted by Crippen LogP contribution is 2.44. The molecule has 10 heteroatoms. The zero-order chi connectivity index (χ0) is 24.5. The summed E-state index contributed by atoms with van der Waals surface area (Å²) in [6.07, 6.45) is -5.14. The quantitative estimate of drug-likeness (QED) is 0.564. The van der Waals surface area contributed by atoms with Gasteiger partial charge in [0.25, 0.3) is 0 Å². The molecule has 2 aliphatic carbocycles. The summed E-state index contributed by atoms with van der Waals surface area (Å²) in [5.74, 6) is -3.48. The predicted octanol–water partition coefficient (Wildman–Crippen LogP) is 3.83. The summed E-state index contributed by atoms with van der Waals surface area (Å²) in [4.78, 5) is 34.8. The molecule has 2 aromatic rings. The first-order valence-corrected chi connectivity index (χ1v) is 10.8. The molecule has 0 aliphatic heterocycles. The summed E-state index contributed by atoms with van der Waals surface area (Å²) >= 11 is 0. The van der Waals surface area contributed by atoms with Crippen LogP contribution < -0.4 is 10.6 Å². The van der Waals surface area contributed by atoms with Gasteiger partial charge in [0.1, 0.15) is 6.61 Å². The Morgan fingerprint density at radius 1 is 1.00 bits per heavy atom. The molecule has 34 heavy (non-hydrogen) atoms. The highest BCUT2D eigenvalue weighted by molar-refractivity contribution is 5.84. The van der Waals surface area contributed by atoms with Crippen LogP contribution >= 0.6 is 0 Å². The molecule has 0 spiro atoms. The zero-order valence-electron chi connectivity index (χ0n) is 18.0. The third-order valence-electron chi connectivity index (χ3n) is 6.26. The maximum atomic E-state index is 12.7. The average molecular weight is 476 g/mol. The van der Waals surface area contributed by atoms with Gasteiger partial charge in [-0.05, 0) is 41.0 Å². The van der Waals surface area contributed by atoms with Crippen molar-refractivity contribution in [1.29, 1.82) is 0 Å². The van der Waals surface area contributed by atoms with Crippen molar-refractivity contribution in [2.24, 2.45) is 5.92 Å². The molecule has 1 unspecified atom stereocenters. The molecule has 2 amide bonds. The van der Waals surface area contributed by atoms with Gasteiger partial charge in [0, 0.05) is 18.4 Å². The van der Waals surface area contributed by atoms with E-state index in [2.05, 4.69) is 5.32 Å². The van der Waals surface area contributed by atoms with E-state index in [0.29, 0.717) is 12.8 Å². The molecular weight excluding hydrogens is 453 g/mol. The normalized spacial score (nSPS) is 19.9. The summed E-state index contributed by atoms with van der Waals surface area (Å²) in [6.45, 7) is 0.159. The first kappa shape index (κ1) is 23.6. The maximum Gasteiger partial charge on any atom is 0.419 e. The number of halogens is 3. The molecule has 2 aromatic carbocycles. The number of carbonyl (C=O) groups is 3. The van der Waals surface area contributed by atoms with Crippen molar-refractivity contribution >= 4 is 18.0 Å². The largest absolute Gasteiger partial charge is 0.479 e. The summed E-state index contributed by atoms with van der Waals surface area (Å²) in [5.41, 5.74) is 4.40. The average Bonchev–Trinajstić information content (AvgIpc) is 3.07. The van der Waals surface area contributed by atoms with Crippen molar-refractivity contribution in [2.45, 2.75) is 43.4 Å². The molecule has 3 N–H and O–H groups in total. The van der Waals surface area contributed by atoms with Crippen LogP contribution in [0.5, 0.6) is 0 Å². The van der Waals surface area contributed by atoms with Gasteiger partial charge in [0.2, 0.25) is 11.9 Å². The number of fused-ring (bicyclic) bond motifs is 3. The first-order chi connectivity index (χ1) is 16.1. The number of carbonyl (C=O) groups excluding carboxylic acids is 2. The number of alkyl halides is 3. The second-order valence-electron chi connectivity index (χ2n) is 8.59. The van der Waals surface area contributed by atoms with Crippen molar-refractivity contribution in [3.05, 3.63) is 59.7 Å². The van der Waals surface area contributed by atoms with Gasteiger partial charge in [-0.25, -0.2) is 9.59 Å². The van der Waals surface area contributed by atoms with E-state index in [0.717, 1.165) is 22.3 Å². The first-order valence-electron chi connectivity index (χ1n) is 10.8. The van der Waals surface area contributed by atoms with Crippen LogP contribution in [0.4, 0.5) is 18.0 Å². The fourth-order valence-electron chi connectivity index (χ4n) is 4.59. The molecule has 4 rings (SSSR count). The molecule has 0 saturated heterocycles. The molecule has 2 aliphatic rings.